The van der Waals surface area contributed by atoms with E-state index in [9.17, 15) is 14.0 Å². The minimum absolute atomic E-state index is 0.0465. The normalized spacial score (nSPS) is 10.6. The number of halogens is 1. The first-order chi connectivity index (χ1) is 14.5. The fraction of sp³-hybridized carbons (Fsp3) is 0.278. The lowest BCUT2D eigenvalue weighted by atomic mass is 10.3. The molecule has 2 aromatic heterocycles. The van der Waals surface area contributed by atoms with Gasteiger partial charge in [0.1, 0.15) is 5.82 Å². The molecule has 0 saturated heterocycles. The highest BCUT2D eigenvalue weighted by molar-refractivity contribution is 8.01. The Kier molecular flexibility index (Phi) is 7.36. The summed E-state index contributed by atoms with van der Waals surface area (Å²) >= 11 is 2.39. The molecule has 12 heteroatoms. The smallest absolute Gasteiger partial charge is 0.281 e. The number of methoxy groups -OCH3 is 1. The molecule has 0 bridgehead atoms. The van der Waals surface area contributed by atoms with Crippen LogP contribution >= 0.6 is 23.1 Å². The first-order valence-electron chi connectivity index (χ1n) is 8.94. The van der Waals surface area contributed by atoms with Crippen LogP contribution in [0.15, 0.2) is 34.8 Å². The van der Waals surface area contributed by atoms with Crippen molar-refractivity contribution in [2.24, 2.45) is 0 Å². The SMILES string of the molecule is CCCNC(=O)CSc1nnc(NC(=O)c2nn(-c3ccc(F)cc3)cc2OC)s1. The van der Waals surface area contributed by atoms with E-state index in [-0.39, 0.29) is 34.1 Å². The van der Waals surface area contributed by atoms with E-state index in [4.69, 9.17) is 4.74 Å². The van der Waals surface area contributed by atoms with Gasteiger partial charge >= 0.3 is 0 Å². The first kappa shape index (κ1) is 21.7. The van der Waals surface area contributed by atoms with Crippen molar-refractivity contribution >= 4 is 40.0 Å². The number of anilines is 1. The van der Waals surface area contributed by atoms with Gasteiger partial charge in [-0.3, -0.25) is 14.9 Å². The number of thioether (sulfide) groups is 1. The van der Waals surface area contributed by atoms with Crippen LogP contribution in [0.3, 0.4) is 0 Å². The lowest BCUT2D eigenvalue weighted by molar-refractivity contribution is -0.118. The number of hydrogen-bond donors (Lipinski definition) is 2. The largest absolute Gasteiger partial charge is 0.493 e. The fourth-order valence-corrected chi connectivity index (χ4v) is 3.89. The Balaban J connectivity index is 1.65. The highest BCUT2D eigenvalue weighted by Crippen LogP contribution is 2.27. The van der Waals surface area contributed by atoms with Crippen molar-refractivity contribution in [2.45, 2.75) is 17.7 Å². The molecule has 0 aliphatic heterocycles. The number of rotatable bonds is 9. The van der Waals surface area contributed by atoms with Gasteiger partial charge in [-0.25, -0.2) is 9.07 Å². The molecular formula is C18H19FN6O3S2. The van der Waals surface area contributed by atoms with Crippen LogP contribution in [0.1, 0.15) is 23.8 Å². The highest BCUT2D eigenvalue weighted by atomic mass is 32.2. The van der Waals surface area contributed by atoms with Crippen molar-refractivity contribution in [1.29, 1.82) is 0 Å². The molecule has 1 aromatic carbocycles. The summed E-state index contributed by atoms with van der Waals surface area (Å²) in [5.41, 5.74) is 0.620. The molecule has 0 radical (unpaired) electrons. The summed E-state index contributed by atoms with van der Waals surface area (Å²) in [6, 6.07) is 5.67. The summed E-state index contributed by atoms with van der Waals surface area (Å²) < 4.78 is 20.3. The second kappa shape index (κ2) is 10.2. The molecule has 30 heavy (non-hydrogen) atoms. The molecule has 0 atom stereocenters. The number of nitrogens with one attached hydrogen (secondary N) is 2. The predicted octanol–water partition coefficient (Wildman–Crippen LogP) is 2.74. The zero-order valence-electron chi connectivity index (χ0n) is 16.2. The van der Waals surface area contributed by atoms with Gasteiger partial charge < -0.3 is 10.1 Å². The summed E-state index contributed by atoms with van der Waals surface area (Å²) in [4.78, 5) is 24.3. The summed E-state index contributed by atoms with van der Waals surface area (Å²) in [5.74, 6) is -0.509. The van der Waals surface area contributed by atoms with Crippen LogP contribution in [-0.4, -0.2) is 51.2 Å². The number of benzene rings is 1. The zero-order chi connectivity index (χ0) is 21.5. The van der Waals surface area contributed by atoms with Crippen molar-refractivity contribution in [3.63, 3.8) is 0 Å². The van der Waals surface area contributed by atoms with Gasteiger partial charge in [0, 0.05) is 6.54 Å². The molecule has 0 saturated carbocycles. The van der Waals surface area contributed by atoms with E-state index in [1.165, 1.54) is 54.0 Å². The average Bonchev–Trinajstić information content (AvgIpc) is 3.38. The maximum absolute atomic E-state index is 13.1. The maximum atomic E-state index is 13.1. The van der Waals surface area contributed by atoms with Crippen molar-refractivity contribution in [3.05, 3.63) is 42.0 Å². The third-order valence-corrected chi connectivity index (χ3v) is 5.70. The first-order valence-corrected chi connectivity index (χ1v) is 10.7. The molecule has 2 heterocycles. The van der Waals surface area contributed by atoms with E-state index in [0.29, 0.717) is 16.6 Å². The molecule has 158 valence electrons. The minimum atomic E-state index is -0.527. The molecule has 3 aromatic rings. The van der Waals surface area contributed by atoms with E-state index in [1.54, 1.807) is 0 Å². The number of hydrogen-bond acceptors (Lipinski definition) is 8. The second-order valence-corrected chi connectivity index (χ2v) is 8.13. The molecule has 9 nitrogen and oxygen atoms in total. The Morgan fingerprint density at radius 2 is 2.03 bits per heavy atom. The zero-order valence-corrected chi connectivity index (χ0v) is 17.8. The van der Waals surface area contributed by atoms with Crippen molar-refractivity contribution in [1.82, 2.24) is 25.3 Å². The molecular weight excluding hydrogens is 431 g/mol. The van der Waals surface area contributed by atoms with Gasteiger partial charge in [-0.05, 0) is 30.7 Å². The summed E-state index contributed by atoms with van der Waals surface area (Å²) in [6.45, 7) is 2.61. The fourth-order valence-electron chi connectivity index (χ4n) is 2.31. The van der Waals surface area contributed by atoms with Crippen LogP contribution in [0, 0.1) is 5.82 Å². The minimum Gasteiger partial charge on any atom is -0.493 e. The van der Waals surface area contributed by atoms with E-state index >= 15 is 0 Å². The second-order valence-electron chi connectivity index (χ2n) is 5.93. The number of amides is 2. The van der Waals surface area contributed by atoms with Gasteiger partial charge in [0.15, 0.2) is 15.8 Å². The van der Waals surface area contributed by atoms with E-state index in [1.807, 2.05) is 6.92 Å². The highest BCUT2D eigenvalue weighted by Gasteiger charge is 2.20. The third kappa shape index (κ3) is 5.54. The monoisotopic (exact) mass is 450 g/mol. The van der Waals surface area contributed by atoms with Gasteiger partial charge in [-0.15, -0.1) is 10.2 Å². The summed E-state index contributed by atoms with van der Waals surface area (Å²) in [6.07, 6.45) is 2.39. The average molecular weight is 451 g/mol. The lowest BCUT2D eigenvalue weighted by Crippen LogP contribution is -2.25. The quantitative estimate of drug-likeness (QED) is 0.381. The van der Waals surface area contributed by atoms with Gasteiger partial charge in [-0.2, -0.15) is 5.10 Å². The molecule has 0 aliphatic carbocycles. The van der Waals surface area contributed by atoms with Gasteiger partial charge in [-0.1, -0.05) is 30.0 Å². The molecule has 0 fully saturated rings. The molecule has 2 amide bonds. The lowest BCUT2D eigenvalue weighted by Gasteiger charge is -2.01. The molecule has 0 spiro atoms. The van der Waals surface area contributed by atoms with Crippen LogP contribution in [0.25, 0.3) is 5.69 Å². The van der Waals surface area contributed by atoms with E-state index < -0.39 is 5.91 Å². The Hall–Kier alpha value is -2.99. The van der Waals surface area contributed by atoms with Crippen molar-refractivity contribution in [2.75, 3.05) is 24.7 Å². The number of nitrogens with zero attached hydrogens (tertiary/aromatic N) is 4. The molecule has 0 unspecified atom stereocenters. The Labute approximate surface area is 180 Å². The van der Waals surface area contributed by atoms with Crippen LogP contribution in [-0.2, 0) is 4.79 Å². The number of aromatic nitrogens is 4. The Morgan fingerprint density at radius 1 is 1.27 bits per heavy atom. The van der Waals surface area contributed by atoms with E-state index in [0.717, 1.165) is 17.8 Å². The Bertz CT molecular complexity index is 1020. The Morgan fingerprint density at radius 3 is 2.73 bits per heavy atom. The number of ether oxygens (including phenoxy) is 1. The molecule has 3 rings (SSSR count). The van der Waals surface area contributed by atoms with Crippen LogP contribution in [0.4, 0.5) is 9.52 Å². The topological polar surface area (TPSA) is 111 Å². The number of carbonyl (C=O) groups excluding carboxylic acids is 2. The van der Waals surface area contributed by atoms with Crippen molar-refractivity contribution in [3.8, 4) is 11.4 Å². The van der Waals surface area contributed by atoms with Gasteiger partial charge in [0.25, 0.3) is 5.91 Å². The standard InChI is InChI=1S/C18H19FN6O3S2/c1-3-8-20-14(26)10-29-18-23-22-17(30-18)21-16(27)15-13(28-2)9-25(24-15)12-6-4-11(19)5-7-12/h4-7,9H,3,8,10H2,1-2H3,(H,20,26)(H,21,22,27). The summed E-state index contributed by atoms with van der Waals surface area (Å²) in [7, 11) is 1.42. The number of carbonyl (C=O) groups is 2. The summed E-state index contributed by atoms with van der Waals surface area (Å²) in [5, 5.41) is 17.8. The van der Waals surface area contributed by atoms with Crippen LogP contribution in [0.5, 0.6) is 5.75 Å². The van der Waals surface area contributed by atoms with Crippen LogP contribution in [0.2, 0.25) is 0 Å². The predicted molar refractivity (Wildman–Crippen MR) is 112 cm³/mol. The maximum Gasteiger partial charge on any atom is 0.281 e. The van der Waals surface area contributed by atoms with Crippen LogP contribution < -0.4 is 15.4 Å². The van der Waals surface area contributed by atoms with Gasteiger partial charge in [0.2, 0.25) is 11.0 Å². The van der Waals surface area contributed by atoms with Gasteiger partial charge in [0.05, 0.1) is 24.7 Å². The third-order valence-electron chi connectivity index (χ3n) is 3.73. The van der Waals surface area contributed by atoms with E-state index in [2.05, 4.69) is 25.9 Å². The van der Waals surface area contributed by atoms with Crippen molar-refractivity contribution < 1.29 is 18.7 Å². The molecule has 0 aliphatic rings. The molecule has 2 N–H and O–H groups in total.